The molecule has 0 aliphatic rings. The van der Waals surface area contributed by atoms with Crippen molar-refractivity contribution in [2.45, 2.75) is 31.9 Å². The summed E-state index contributed by atoms with van der Waals surface area (Å²) < 4.78 is 0. The molecule has 0 bridgehead atoms. The number of halogens is 1. The molecule has 0 spiro atoms. The Labute approximate surface area is 94.1 Å². The van der Waals surface area contributed by atoms with Crippen molar-refractivity contribution < 1.29 is 20.1 Å². The summed E-state index contributed by atoms with van der Waals surface area (Å²) in [5, 5.41) is 29.6. The third-order valence-electron chi connectivity index (χ3n) is 2.08. The molecule has 0 saturated heterocycles. The molecule has 0 fully saturated rings. The van der Waals surface area contributed by atoms with Gasteiger partial charge < -0.3 is 20.6 Å². The number of aliphatic hydroxyl groups excluding tert-OH is 3. The van der Waals surface area contributed by atoms with E-state index in [1.165, 1.54) is 0 Å². The first-order valence-electron chi connectivity index (χ1n) is 4.70. The number of carbonyl (C=O) groups is 1. The Morgan fingerprint density at radius 3 is 2.40 bits per heavy atom. The van der Waals surface area contributed by atoms with Crippen molar-refractivity contribution in [2.75, 3.05) is 13.2 Å². The van der Waals surface area contributed by atoms with E-state index < -0.39 is 23.0 Å². The van der Waals surface area contributed by atoms with Gasteiger partial charge in [-0.3, -0.25) is 4.79 Å². The van der Waals surface area contributed by atoms with Crippen molar-refractivity contribution in [1.82, 2.24) is 5.32 Å². The van der Waals surface area contributed by atoms with Gasteiger partial charge in [0.25, 0.3) is 0 Å². The molecule has 0 aliphatic heterocycles. The zero-order chi connectivity index (χ0) is 12.1. The van der Waals surface area contributed by atoms with Gasteiger partial charge in [-0.25, -0.2) is 0 Å². The van der Waals surface area contributed by atoms with Gasteiger partial charge in [-0.2, -0.15) is 0 Å². The first-order valence-corrected chi connectivity index (χ1v) is 5.13. The van der Waals surface area contributed by atoms with E-state index in [2.05, 4.69) is 5.32 Å². The Bertz CT molecular complexity index is 208. The first-order chi connectivity index (χ1) is 6.81. The molecule has 6 heteroatoms. The lowest BCUT2D eigenvalue weighted by Crippen LogP contribution is -2.46. The molecule has 0 aromatic carbocycles. The van der Waals surface area contributed by atoms with Gasteiger partial charge in [-0.05, 0) is 0 Å². The van der Waals surface area contributed by atoms with Crippen molar-refractivity contribution in [1.29, 1.82) is 0 Å². The Kier molecular flexibility index (Phi) is 6.12. The van der Waals surface area contributed by atoms with Gasteiger partial charge in [0.05, 0.1) is 6.61 Å². The molecule has 0 heterocycles. The smallest absolute Gasteiger partial charge is 0.249 e. The molecule has 0 rings (SSSR count). The molecular formula is C9H18ClNO4. The highest BCUT2D eigenvalue weighted by atomic mass is 35.5. The standard InChI is InChI=1S/C9H18ClNO4/c1-9(2,5-12)7(14)8(15)11-4-3-6(10)13/h6-7,12-14H,3-5H2,1-2H3,(H,11,15)/t6?,7-/m0/s1. The van der Waals surface area contributed by atoms with Crippen LogP contribution in [0.4, 0.5) is 0 Å². The summed E-state index contributed by atoms with van der Waals surface area (Å²) in [6.45, 7) is 3.04. The lowest BCUT2D eigenvalue weighted by molar-refractivity contribution is -0.137. The van der Waals surface area contributed by atoms with Crippen LogP contribution in [0.25, 0.3) is 0 Å². The molecule has 2 atom stereocenters. The van der Waals surface area contributed by atoms with Gasteiger partial charge in [-0.15, -0.1) is 0 Å². The predicted molar refractivity (Wildman–Crippen MR) is 56.4 cm³/mol. The minimum absolute atomic E-state index is 0.183. The maximum Gasteiger partial charge on any atom is 0.249 e. The van der Waals surface area contributed by atoms with E-state index in [9.17, 15) is 9.90 Å². The molecule has 1 unspecified atom stereocenters. The highest BCUT2D eigenvalue weighted by molar-refractivity contribution is 6.19. The summed E-state index contributed by atoms with van der Waals surface area (Å²) in [6.07, 6.45) is -1.07. The second-order valence-electron chi connectivity index (χ2n) is 4.06. The highest BCUT2D eigenvalue weighted by Gasteiger charge is 2.32. The maximum atomic E-state index is 11.3. The van der Waals surface area contributed by atoms with Gasteiger partial charge in [0.2, 0.25) is 5.91 Å². The fraction of sp³-hybridized carbons (Fsp3) is 0.889. The Balaban J connectivity index is 4.00. The molecule has 5 nitrogen and oxygen atoms in total. The molecule has 0 radical (unpaired) electrons. The Hall–Kier alpha value is -0.360. The summed E-state index contributed by atoms with van der Waals surface area (Å²) in [5.41, 5.74) is -1.89. The van der Waals surface area contributed by atoms with Crippen LogP contribution in [0, 0.1) is 5.41 Å². The fourth-order valence-electron chi connectivity index (χ4n) is 0.853. The molecule has 0 saturated carbocycles. The van der Waals surface area contributed by atoms with Crippen molar-refractivity contribution >= 4 is 17.5 Å². The minimum Gasteiger partial charge on any atom is -0.396 e. The van der Waals surface area contributed by atoms with Crippen LogP contribution in [0.15, 0.2) is 0 Å². The number of alkyl halides is 1. The minimum atomic E-state index is -1.28. The predicted octanol–water partition coefficient (Wildman–Crippen LogP) is -0.571. The summed E-state index contributed by atoms with van der Waals surface area (Å²) in [4.78, 5) is 11.3. The second-order valence-corrected chi connectivity index (χ2v) is 4.57. The molecule has 15 heavy (non-hydrogen) atoms. The largest absolute Gasteiger partial charge is 0.396 e. The number of aliphatic hydroxyl groups is 3. The van der Waals surface area contributed by atoms with E-state index in [0.717, 1.165) is 0 Å². The zero-order valence-corrected chi connectivity index (χ0v) is 9.66. The SMILES string of the molecule is CC(C)(CO)[C@@H](O)C(=O)NCCC(O)Cl. The van der Waals surface area contributed by atoms with Crippen LogP contribution in [0.1, 0.15) is 20.3 Å². The quantitative estimate of drug-likeness (QED) is 0.468. The topological polar surface area (TPSA) is 89.8 Å². The molecule has 0 aromatic heterocycles. The fourth-order valence-corrected chi connectivity index (χ4v) is 0.962. The van der Waals surface area contributed by atoms with Gasteiger partial charge in [0, 0.05) is 18.4 Å². The maximum absolute atomic E-state index is 11.3. The van der Waals surface area contributed by atoms with E-state index in [4.69, 9.17) is 21.8 Å². The molecule has 1 amide bonds. The van der Waals surface area contributed by atoms with Crippen LogP contribution in [-0.4, -0.2) is 46.0 Å². The lowest BCUT2D eigenvalue weighted by Gasteiger charge is -2.27. The average Bonchev–Trinajstić information content (AvgIpc) is 2.15. The van der Waals surface area contributed by atoms with E-state index >= 15 is 0 Å². The van der Waals surface area contributed by atoms with Crippen molar-refractivity contribution in [3.05, 3.63) is 0 Å². The molecule has 0 aromatic rings. The van der Waals surface area contributed by atoms with E-state index in [-0.39, 0.29) is 19.6 Å². The number of rotatable bonds is 6. The Morgan fingerprint density at radius 1 is 1.47 bits per heavy atom. The third kappa shape index (κ3) is 5.32. The number of hydrogen-bond donors (Lipinski definition) is 4. The number of hydrogen-bond acceptors (Lipinski definition) is 4. The number of nitrogens with one attached hydrogen (secondary N) is 1. The van der Waals surface area contributed by atoms with Gasteiger partial charge in [-0.1, -0.05) is 25.4 Å². The van der Waals surface area contributed by atoms with E-state index in [1.54, 1.807) is 13.8 Å². The highest BCUT2D eigenvalue weighted by Crippen LogP contribution is 2.19. The molecular weight excluding hydrogens is 222 g/mol. The van der Waals surface area contributed by atoms with Crippen molar-refractivity contribution in [2.24, 2.45) is 5.41 Å². The van der Waals surface area contributed by atoms with Crippen LogP contribution in [0.2, 0.25) is 0 Å². The third-order valence-corrected chi connectivity index (χ3v) is 2.30. The normalized spacial score (nSPS) is 15.9. The average molecular weight is 240 g/mol. The summed E-state index contributed by atoms with van der Waals surface area (Å²) >= 11 is 5.26. The molecule has 4 N–H and O–H groups in total. The van der Waals surface area contributed by atoms with Crippen LogP contribution >= 0.6 is 11.6 Å². The summed E-state index contributed by atoms with van der Waals surface area (Å²) in [5.74, 6) is -0.577. The van der Waals surface area contributed by atoms with Crippen LogP contribution in [-0.2, 0) is 4.79 Å². The van der Waals surface area contributed by atoms with Crippen molar-refractivity contribution in [3.8, 4) is 0 Å². The van der Waals surface area contributed by atoms with Crippen LogP contribution in [0.3, 0.4) is 0 Å². The van der Waals surface area contributed by atoms with Gasteiger partial charge in [0.15, 0.2) is 0 Å². The van der Waals surface area contributed by atoms with Gasteiger partial charge in [0.1, 0.15) is 11.7 Å². The molecule has 0 aliphatic carbocycles. The summed E-state index contributed by atoms with van der Waals surface area (Å²) in [6, 6.07) is 0. The van der Waals surface area contributed by atoms with E-state index in [1.807, 2.05) is 0 Å². The number of carbonyl (C=O) groups excluding carboxylic acids is 1. The van der Waals surface area contributed by atoms with Crippen LogP contribution < -0.4 is 5.32 Å². The number of amides is 1. The summed E-state index contributed by atoms with van der Waals surface area (Å²) in [7, 11) is 0. The Morgan fingerprint density at radius 2 is 2.00 bits per heavy atom. The monoisotopic (exact) mass is 239 g/mol. The van der Waals surface area contributed by atoms with Gasteiger partial charge >= 0.3 is 0 Å². The molecule has 90 valence electrons. The first kappa shape index (κ1) is 14.6. The van der Waals surface area contributed by atoms with Crippen molar-refractivity contribution in [3.63, 3.8) is 0 Å². The lowest BCUT2D eigenvalue weighted by atomic mass is 9.87. The zero-order valence-electron chi connectivity index (χ0n) is 8.90. The second kappa shape index (κ2) is 6.27. The van der Waals surface area contributed by atoms with E-state index in [0.29, 0.717) is 0 Å². The van der Waals surface area contributed by atoms with Crippen LogP contribution in [0.5, 0.6) is 0 Å².